The van der Waals surface area contributed by atoms with Crippen LogP contribution in [0.1, 0.15) is 0 Å². The topological polar surface area (TPSA) is 23.6 Å². The zero-order valence-corrected chi connectivity index (χ0v) is 5.99. The second-order valence-corrected chi connectivity index (χ2v) is 3.01. The molecule has 0 fully saturated rings. The lowest BCUT2D eigenvalue weighted by Crippen LogP contribution is -2.28. The summed E-state index contributed by atoms with van der Waals surface area (Å²) in [4.78, 5) is 14.0. The van der Waals surface area contributed by atoms with E-state index in [9.17, 15) is 4.79 Å². The summed E-state index contributed by atoms with van der Waals surface area (Å²) in [6.45, 7) is 0. The Morgan fingerprint density at radius 1 is 1.40 bits per heavy atom. The van der Waals surface area contributed by atoms with E-state index in [-0.39, 0.29) is 5.50 Å². The molecule has 1 atom stereocenters. The van der Waals surface area contributed by atoms with Crippen molar-refractivity contribution < 1.29 is 4.79 Å². The van der Waals surface area contributed by atoms with Gasteiger partial charge in [-0.25, -0.2) is 0 Å². The fraction of sp³-hybridized carbons (Fsp3) is 0.167. The van der Waals surface area contributed by atoms with Crippen LogP contribution in [0.4, 0.5) is 0 Å². The third-order valence-electron chi connectivity index (χ3n) is 1.48. The molecule has 0 aromatic carbocycles. The van der Waals surface area contributed by atoms with E-state index in [4.69, 9.17) is 0 Å². The molecule has 0 spiro atoms. The highest BCUT2D eigenvalue weighted by Crippen LogP contribution is 2.31. The molecule has 0 bridgehead atoms. The summed E-state index contributed by atoms with van der Waals surface area (Å²) in [5.41, 5.74) is 0.150. The predicted molar refractivity (Wildman–Crippen MR) is 39.4 cm³/mol. The normalized spacial score (nSPS) is 27.8. The van der Waals surface area contributed by atoms with Crippen molar-refractivity contribution in [3.05, 3.63) is 24.0 Å². The molecule has 1 unspecified atom stereocenters. The highest BCUT2D eigenvalue weighted by atomic mass is 32.2. The summed E-state index contributed by atoms with van der Waals surface area (Å²) in [5.74, 6) is 0. The van der Waals surface area contributed by atoms with Crippen LogP contribution in [0.25, 0.3) is 0 Å². The van der Waals surface area contributed by atoms with E-state index in [0.29, 0.717) is 0 Å². The van der Waals surface area contributed by atoms with Crippen LogP contribution >= 0.6 is 11.8 Å². The van der Waals surface area contributed by atoms with Crippen LogP contribution in [0.5, 0.6) is 0 Å². The van der Waals surface area contributed by atoms with Crippen LogP contribution < -0.4 is 0 Å². The molecule has 1 amide bonds. The maximum atomic E-state index is 10.4. The van der Waals surface area contributed by atoms with Crippen LogP contribution in [0.2, 0.25) is 0 Å². The van der Waals surface area contributed by atoms with E-state index in [0.717, 1.165) is 6.41 Å². The Labute approximate surface area is 63.0 Å². The van der Waals surface area contributed by atoms with Crippen LogP contribution in [-0.4, -0.2) is 21.7 Å². The Balaban J connectivity index is 2.19. The highest BCUT2D eigenvalue weighted by molar-refractivity contribution is 8.02. The number of fused-ring (bicyclic) bond motifs is 1. The number of nitrogens with zero attached hydrogens (tertiary/aromatic N) is 2. The fourth-order valence-corrected chi connectivity index (χ4v) is 1.87. The predicted octanol–water partition coefficient (Wildman–Crippen LogP) is 0.733. The van der Waals surface area contributed by atoms with Gasteiger partial charge in [0.2, 0.25) is 6.41 Å². The molecule has 0 aliphatic carbocycles. The summed E-state index contributed by atoms with van der Waals surface area (Å²) in [6, 6.07) is 0. The molecule has 0 radical (unpaired) electrons. The summed E-state index contributed by atoms with van der Waals surface area (Å²) in [5, 5.41) is 1.98. The second-order valence-electron chi connectivity index (χ2n) is 2.05. The van der Waals surface area contributed by atoms with Crippen molar-refractivity contribution >= 4 is 18.2 Å². The number of hydrogen-bond donors (Lipinski definition) is 0. The smallest absolute Gasteiger partial charge is 0.216 e. The maximum absolute atomic E-state index is 10.4. The molecule has 2 heterocycles. The first kappa shape index (κ1) is 5.85. The summed E-state index contributed by atoms with van der Waals surface area (Å²) >= 11 is 1.62. The molecule has 4 heteroatoms. The quantitative estimate of drug-likeness (QED) is 0.520. The first-order valence-corrected chi connectivity index (χ1v) is 3.87. The maximum Gasteiger partial charge on any atom is 0.216 e. The number of thioether (sulfide) groups is 1. The molecule has 2 rings (SSSR count). The molecule has 52 valence electrons. The molecule has 2 aliphatic heterocycles. The van der Waals surface area contributed by atoms with Gasteiger partial charge in [-0.2, -0.15) is 0 Å². The molecule has 0 saturated heterocycles. The minimum atomic E-state index is 0.150. The Bertz CT molecular complexity index is 214. The third kappa shape index (κ3) is 0.654. The number of amides is 1. The molecular formula is C6H6N2OS. The van der Waals surface area contributed by atoms with E-state index in [1.165, 1.54) is 0 Å². The zero-order chi connectivity index (χ0) is 6.97. The third-order valence-corrected chi connectivity index (χ3v) is 2.49. The van der Waals surface area contributed by atoms with E-state index in [1.807, 2.05) is 22.7 Å². The molecule has 2 aliphatic rings. The monoisotopic (exact) mass is 154 g/mol. The number of hydrogen-bond acceptors (Lipinski definition) is 3. The molecule has 10 heavy (non-hydrogen) atoms. The van der Waals surface area contributed by atoms with Crippen molar-refractivity contribution in [3.63, 3.8) is 0 Å². The Morgan fingerprint density at radius 3 is 3.10 bits per heavy atom. The van der Waals surface area contributed by atoms with Gasteiger partial charge in [-0.05, 0) is 5.41 Å². The van der Waals surface area contributed by atoms with Gasteiger partial charge in [0.15, 0.2) is 5.50 Å². The van der Waals surface area contributed by atoms with Gasteiger partial charge in [0.1, 0.15) is 0 Å². The minimum Gasteiger partial charge on any atom is -0.322 e. The fourth-order valence-electron chi connectivity index (χ4n) is 0.982. The average molecular weight is 154 g/mol. The van der Waals surface area contributed by atoms with Crippen LogP contribution in [0.15, 0.2) is 24.0 Å². The van der Waals surface area contributed by atoms with Crippen LogP contribution in [0.3, 0.4) is 0 Å². The second kappa shape index (κ2) is 2.05. The van der Waals surface area contributed by atoms with Crippen LogP contribution in [-0.2, 0) is 4.79 Å². The molecule has 0 saturated carbocycles. The largest absolute Gasteiger partial charge is 0.322 e. The molecule has 0 N–H and O–H groups in total. The van der Waals surface area contributed by atoms with Crippen molar-refractivity contribution in [1.29, 1.82) is 0 Å². The average Bonchev–Trinajstić information content (AvgIpc) is 2.44. The SMILES string of the molecule is O=CN1C=CN2C=CSC12. The van der Waals surface area contributed by atoms with Gasteiger partial charge in [0.25, 0.3) is 0 Å². The van der Waals surface area contributed by atoms with Gasteiger partial charge in [0, 0.05) is 18.6 Å². The van der Waals surface area contributed by atoms with Crippen molar-refractivity contribution in [2.75, 3.05) is 0 Å². The van der Waals surface area contributed by atoms with Gasteiger partial charge in [-0.15, -0.1) is 0 Å². The number of rotatable bonds is 1. The van der Waals surface area contributed by atoms with Gasteiger partial charge < -0.3 is 4.90 Å². The van der Waals surface area contributed by atoms with Crippen molar-refractivity contribution in [2.45, 2.75) is 5.50 Å². The van der Waals surface area contributed by atoms with E-state index >= 15 is 0 Å². The first-order valence-electron chi connectivity index (χ1n) is 2.92. The number of carbonyl (C=O) groups excluding carboxylic acids is 1. The minimum absolute atomic E-state index is 0.150. The molecular weight excluding hydrogens is 148 g/mol. The summed E-state index contributed by atoms with van der Waals surface area (Å²) in [6.07, 6.45) is 6.44. The van der Waals surface area contributed by atoms with Crippen molar-refractivity contribution in [2.24, 2.45) is 0 Å². The Morgan fingerprint density at radius 2 is 2.30 bits per heavy atom. The molecule has 0 aromatic heterocycles. The first-order chi connectivity index (χ1) is 4.92. The van der Waals surface area contributed by atoms with Crippen molar-refractivity contribution in [1.82, 2.24) is 9.80 Å². The van der Waals surface area contributed by atoms with E-state index < -0.39 is 0 Å². The lowest BCUT2D eigenvalue weighted by molar-refractivity contribution is -0.116. The van der Waals surface area contributed by atoms with Gasteiger partial charge in [-0.1, -0.05) is 11.8 Å². The zero-order valence-electron chi connectivity index (χ0n) is 5.18. The summed E-state index contributed by atoms with van der Waals surface area (Å²) in [7, 11) is 0. The molecule has 3 nitrogen and oxygen atoms in total. The van der Waals surface area contributed by atoms with Crippen molar-refractivity contribution in [3.8, 4) is 0 Å². The van der Waals surface area contributed by atoms with E-state index in [1.54, 1.807) is 22.9 Å². The Kier molecular flexibility index (Phi) is 1.20. The molecule has 0 aromatic rings. The van der Waals surface area contributed by atoms with Gasteiger partial charge in [0.05, 0.1) is 0 Å². The highest BCUT2D eigenvalue weighted by Gasteiger charge is 2.27. The Hall–Kier alpha value is -0.900. The van der Waals surface area contributed by atoms with Crippen LogP contribution in [0, 0.1) is 0 Å². The van der Waals surface area contributed by atoms with E-state index in [2.05, 4.69) is 0 Å². The van der Waals surface area contributed by atoms with Gasteiger partial charge >= 0.3 is 0 Å². The summed E-state index contributed by atoms with van der Waals surface area (Å²) < 4.78 is 0. The lowest BCUT2D eigenvalue weighted by Gasteiger charge is -2.19. The lowest BCUT2D eigenvalue weighted by atomic mass is 10.8. The number of carbonyl (C=O) groups is 1. The standard InChI is InChI=1S/C6H6N2OS/c9-5-8-2-1-7-3-4-10-6(7)8/h1-6H. The van der Waals surface area contributed by atoms with Gasteiger partial charge in [-0.3, -0.25) is 9.69 Å².